The summed E-state index contributed by atoms with van der Waals surface area (Å²) in [5.41, 5.74) is 14.7. The number of carbonyl (C=O) groups is 2. The molecule has 1 atom stereocenters. The minimum Gasteiger partial charge on any atom is -0.347 e. The van der Waals surface area contributed by atoms with Crippen LogP contribution in [0.25, 0.3) is 21.5 Å². The lowest BCUT2D eigenvalue weighted by atomic mass is 9.78. The van der Waals surface area contributed by atoms with E-state index >= 15 is 0 Å². The number of anilines is 1. The maximum Gasteiger partial charge on any atom is 0.225 e. The van der Waals surface area contributed by atoms with E-state index in [1.807, 2.05) is 12.1 Å². The lowest BCUT2D eigenvalue weighted by molar-refractivity contribution is -0.401. The molecular formula is C42H43N4O2+. The number of Topliss-reactive ketones (excluding diaryl/α,β-unsaturated/α-hetero) is 1. The van der Waals surface area contributed by atoms with Crippen LogP contribution >= 0.6 is 0 Å². The summed E-state index contributed by atoms with van der Waals surface area (Å²) >= 11 is 0. The van der Waals surface area contributed by atoms with Gasteiger partial charge in [-0.25, -0.2) is 0 Å². The van der Waals surface area contributed by atoms with Gasteiger partial charge in [0.25, 0.3) is 0 Å². The summed E-state index contributed by atoms with van der Waals surface area (Å²) in [6.07, 6.45) is 14.0. The Labute approximate surface area is 282 Å². The molecule has 0 saturated carbocycles. The van der Waals surface area contributed by atoms with Gasteiger partial charge >= 0.3 is 0 Å². The van der Waals surface area contributed by atoms with E-state index in [4.69, 9.17) is 5.73 Å². The normalized spacial score (nSPS) is 23.4. The Kier molecular flexibility index (Phi) is 7.60. The molecule has 8 bridgehead atoms. The highest BCUT2D eigenvalue weighted by Gasteiger charge is 2.44. The zero-order valence-corrected chi connectivity index (χ0v) is 28.6. The molecule has 3 aliphatic rings. The summed E-state index contributed by atoms with van der Waals surface area (Å²) in [6.45, 7) is 9.01. The van der Waals surface area contributed by atoms with Gasteiger partial charge in [-0.1, -0.05) is 86.7 Å². The van der Waals surface area contributed by atoms with Gasteiger partial charge in [0.15, 0.2) is 11.5 Å². The Morgan fingerprint density at radius 1 is 0.771 bits per heavy atom. The number of carbonyl (C=O) groups excluding carboxylic acids is 2. The van der Waals surface area contributed by atoms with Crippen molar-refractivity contribution in [1.29, 1.82) is 0 Å². The number of ketones is 1. The predicted molar refractivity (Wildman–Crippen MR) is 197 cm³/mol. The van der Waals surface area contributed by atoms with Crippen LogP contribution in [0.4, 0.5) is 11.4 Å². The second-order valence-electron chi connectivity index (χ2n) is 14.3. The van der Waals surface area contributed by atoms with Gasteiger partial charge in [-0.2, -0.15) is 4.58 Å². The highest BCUT2D eigenvalue weighted by Crippen LogP contribution is 2.50. The van der Waals surface area contributed by atoms with E-state index in [-0.39, 0.29) is 35.4 Å². The van der Waals surface area contributed by atoms with E-state index in [0.717, 1.165) is 44.0 Å². The van der Waals surface area contributed by atoms with Crippen molar-refractivity contribution in [2.24, 2.45) is 5.73 Å². The molecule has 6 nitrogen and oxygen atoms in total. The third-order valence-corrected chi connectivity index (χ3v) is 10.5. The Morgan fingerprint density at radius 2 is 1.38 bits per heavy atom. The highest BCUT2D eigenvalue weighted by atomic mass is 16.2. The van der Waals surface area contributed by atoms with Crippen LogP contribution in [0.1, 0.15) is 49.9 Å². The van der Waals surface area contributed by atoms with Crippen LogP contribution in [0.5, 0.6) is 0 Å². The summed E-state index contributed by atoms with van der Waals surface area (Å²) in [5.74, 6) is -0.506. The Hall–Kier alpha value is -5.07. The molecule has 0 radical (unpaired) electrons. The van der Waals surface area contributed by atoms with Crippen molar-refractivity contribution < 1.29 is 14.2 Å². The van der Waals surface area contributed by atoms with Crippen LogP contribution in [-0.4, -0.2) is 42.2 Å². The van der Waals surface area contributed by atoms with Crippen LogP contribution in [0.3, 0.4) is 0 Å². The first kappa shape index (κ1) is 31.5. The fourth-order valence-corrected chi connectivity index (χ4v) is 8.09. The smallest absolute Gasteiger partial charge is 0.225 e. The van der Waals surface area contributed by atoms with Crippen molar-refractivity contribution in [2.45, 2.75) is 57.5 Å². The van der Waals surface area contributed by atoms with Gasteiger partial charge in [0, 0.05) is 48.0 Å². The Bertz CT molecular complexity index is 2190. The van der Waals surface area contributed by atoms with E-state index in [2.05, 4.69) is 148 Å². The Morgan fingerprint density at radius 3 is 2.10 bits per heavy atom. The first-order chi connectivity index (χ1) is 22.9. The number of likely N-dealkylation sites (N-methyl/N-ethyl adjacent to an activating group) is 1. The van der Waals surface area contributed by atoms with E-state index < -0.39 is 6.17 Å². The molecule has 0 fully saturated rings. The topological polar surface area (TPSA) is 78.4 Å². The molecule has 48 heavy (non-hydrogen) atoms. The lowest BCUT2D eigenvalue weighted by Gasteiger charge is -2.24. The molecular weight excluding hydrogens is 592 g/mol. The maximum atomic E-state index is 13.3. The van der Waals surface area contributed by atoms with Gasteiger partial charge in [0.05, 0.1) is 11.8 Å². The van der Waals surface area contributed by atoms with Crippen molar-refractivity contribution in [3.05, 3.63) is 131 Å². The van der Waals surface area contributed by atoms with E-state index in [1.165, 1.54) is 22.5 Å². The average Bonchev–Trinajstić information content (AvgIpc) is 3.37. The average molecular weight is 636 g/mol. The molecule has 4 aromatic carbocycles. The number of hydrogen-bond acceptors (Lipinski definition) is 4. The second kappa shape index (κ2) is 11.6. The van der Waals surface area contributed by atoms with Crippen LogP contribution in [-0.2, 0) is 33.3 Å². The van der Waals surface area contributed by atoms with E-state index in [9.17, 15) is 9.59 Å². The zero-order valence-electron chi connectivity index (χ0n) is 28.6. The van der Waals surface area contributed by atoms with Crippen molar-refractivity contribution in [3.63, 3.8) is 0 Å². The minimum atomic E-state index is -1.09. The molecule has 242 valence electrons. The summed E-state index contributed by atoms with van der Waals surface area (Å²) in [7, 11) is 4.22. The van der Waals surface area contributed by atoms with E-state index in [0.29, 0.717) is 0 Å². The minimum absolute atomic E-state index is 0.131. The van der Waals surface area contributed by atoms with Gasteiger partial charge < -0.3 is 16.0 Å². The number of rotatable bonds is 0. The number of hydrogen-bond donors (Lipinski definition) is 2. The lowest BCUT2D eigenvalue weighted by Crippen LogP contribution is -2.48. The summed E-state index contributed by atoms with van der Waals surface area (Å²) in [6, 6.07) is 21.0. The zero-order chi connectivity index (χ0) is 34.0. The third-order valence-electron chi connectivity index (χ3n) is 10.5. The molecule has 3 heterocycles. The largest absolute Gasteiger partial charge is 0.347 e. The number of amides is 1. The summed E-state index contributed by atoms with van der Waals surface area (Å²) < 4.78 is 2.26. The molecule has 0 saturated heterocycles. The maximum absolute atomic E-state index is 13.3. The highest BCUT2D eigenvalue weighted by molar-refractivity contribution is 6.08. The van der Waals surface area contributed by atoms with Crippen LogP contribution < -0.4 is 16.0 Å². The second-order valence-corrected chi connectivity index (χ2v) is 14.3. The predicted octanol–water partition coefficient (Wildman–Crippen LogP) is 7.05. The summed E-state index contributed by atoms with van der Waals surface area (Å²) in [4.78, 5) is 28.8. The molecule has 7 rings (SSSR count). The molecule has 3 N–H and O–H groups in total. The van der Waals surface area contributed by atoms with Crippen molar-refractivity contribution in [2.75, 3.05) is 19.0 Å². The third kappa shape index (κ3) is 5.12. The fourth-order valence-electron chi connectivity index (χ4n) is 8.09. The molecule has 0 aromatic heterocycles. The number of nitrogens with two attached hydrogens (primary N) is 1. The SMILES string of the molecule is CN1/C2=C/C=C/C=C/C=C/C3=[N+](C)c4ccc5ccc(cc5c4C3(C)C)CC(=O)C(N)NC(=O)Cc3ccc4ccc1c(c4c3)C2(C)C. The number of fused-ring (bicyclic) bond motifs is 4. The first-order valence-corrected chi connectivity index (χ1v) is 16.6. The number of nitrogens with one attached hydrogen (secondary N) is 1. The van der Waals surface area contributed by atoms with E-state index in [1.54, 1.807) is 0 Å². The quantitative estimate of drug-likeness (QED) is 0.203. The van der Waals surface area contributed by atoms with Gasteiger partial charge in [0.2, 0.25) is 11.6 Å². The van der Waals surface area contributed by atoms with Crippen LogP contribution in [0.2, 0.25) is 0 Å². The van der Waals surface area contributed by atoms with Gasteiger partial charge in [0.1, 0.15) is 13.2 Å². The monoisotopic (exact) mass is 635 g/mol. The van der Waals surface area contributed by atoms with Crippen molar-refractivity contribution in [1.82, 2.24) is 5.32 Å². The molecule has 1 unspecified atom stereocenters. The van der Waals surface area contributed by atoms with Crippen LogP contribution in [0, 0.1) is 0 Å². The Balaban J connectivity index is 1.31. The molecule has 6 heteroatoms. The molecule has 4 aromatic rings. The number of allylic oxidation sites excluding steroid dienone is 8. The fraction of sp³-hybridized carbons (Fsp3) is 0.262. The molecule has 3 aliphatic heterocycles. The standard InChI is InChI=1S/C42H42N4O2/c1-41(2)35-12-10-8-7-9-11-13-36-42(3,4)39-31-23-27(15-17-29(31)19-21-33(39)46(36)6)25-37(48)44-40(43)34(47)24-26-14-16-28-18-20-32(45(35)5)38(41)30(28)22-26/h7-23,40H,24-25,43H2,1-6H3/p+1. The molecule has 1 amide bonds. The van der Waals surface area contributed by atoms with Crippen LogP contribution in [0.15, 0.2) is 109 Å². The van der Waals surface area contributed by atoms with Crippen molar-refractivity contribution in [3.8, 4) is 0 Å². The molecule has 0 spiro atoms. The van der Waals surface area contributed by atoms with Gasteiger partial charge in [-0.05, 0) is 70.3 Å². The number of nitrogens with zero attached hydrogens (tertiary/aromatic N) is 2. The number of benzene rings is 4. The first-order valence-electron chi connectivity index (χ1n) is 16.6. The van der Waals surface area contributed by atoms with Gasteiger partial charge in [-0.15, -0.1) is 0 Å². The van der Waals surface area contributed by atoms with Gasteiger partial charge in [-0.3, -0.25) is 9.59 Å². The molecule has 0 aliphatic carbocycles. The van der Waals surface area contributed by atoms with Crippen molar-refractivity contribution >= 4 is 50.3 Å². The summed E-state index contributed by atoms with van der Waals surface area (Å²) in [5, 5.41) is 7.26.